The zero-order valence-corrected chi connectivity index (χ0v) is 8.78. The summed E-state index contributed by atoms with van der Waals surface area (Å²) in [6.07, 6.45) is 7.42. The normalized spacial score (nSPS) is 48.6. The molecule has 1 saturated carbocycles. The van der Waals surface area contributed by atoms with Crippen LogP contribution in [0.2, 0.25) is 0 Å². The van der Waals surface area contributed by atoms with E-state index in [2.05, 4.69) is 10.2 Å². The van der Waals surface area contributed by atoms with Gasteiger partial charge in [0, 0.05) is 25.2 Å². The van der Waals surface area contributed by atoms with Crippen molar-refractivity contribution in [1.29, 1.82) is 0 Å². The molecule has 3 aliphatic rings. The van der Waals surface area contributed by atoms with Crippen molar-refractivity contribution in [2.75, 3.05) is 13.1 Å². The number of hydrogen-bond acceptors (Lipinski definition) is 3. The molecule has 3 rings (SSSR count). The Balaban J connectivity index is 1.75. The lowest BCUT2D eigenvalue weighted by Gasteiger charge is -2.39. The van der Waals surface area contributed by atoms with Crippen molar-refractivity contribution in [2.24, 2.45) is 11.7 Å². The predicted octanol–water partition coefficient (Wildman–Crippen LogP) is 0.507. The summed E-state index contributed by atoms with van der Waals surface area (Å²) in [6.45, 7) is 2.19. The molecule has 14 heavy (non-hydrogen) atoms. The van der Waals surface area contributed by atoms with Crippen molar-refractivity contribution in [3.8, 4) is 0 Å². The van der Waals surface area contributed by atoms with Gasteiger partial charge in [0.2, 0.25) is 0 Å². The van der Waals surface area contributed by atoms with Gasteiger partial charge in [-0.3, -0.25) is 10.2 Å². The molecule has 2 saturated heterocycles. The molecule has 0 aromatic heterocycles. The summed E-state index contributed by atoms with van der Waals surface area (Å²) in [6, 6.07) is 1.67. The largest absolute Gasteiger partial charge is 0.315 e. The van der Waals surface area contributed by atoms with Crippen molar-refractivity contribution in [1.82, 2.24) is 10.2 Å². The van der Waals surface area contributed by atoms with Crippen LogP contribution in [-0.2, 0) is 0 Å². The topological polar surface area (TPSA) is 41.3 Å². The molecule has 0 aromatic rings. The SMILES string of the molecule is NC1CN2C(CN1)CC1CCCCC12. The van der Waals surface area contributed by atoms with Gasteiger partial charge in [0.25, 0.3) is 0 Å². The smallest absolute Gasteiger partial charge is 0.0678 e. The quantitative estimate of drug-likeness (QED) is 0.591. The third-order valence-corrected chi connectivity index (χ3v) is 4.36. The lowest BCUT2D eigenvalue weighted by molar-refractivity contribution is 0.108. The zero-order valence-electron chi connectivity index (χ0n) is 8.78. The maximum absolute atomic E-state index is 5.96. The fourth-order valence-corrected chi connectivity index (χ4v) is 3.72. The molecule has 0 radical (unpaired) electrons. The molecule has 3 heteroatoms. The summed E-state index contributed by atoms with van der Waals surface area (Å²) in [7, 11) is 0. The number of fused-ring (bicyclic) bond motifs is 3. The first-order valence-electron chi connectivity index (χ1n) is 6.09. The fourth-order valence-electron chi connectivity index (χ4n) is 3.72. The summed E-state index contributed by atoms with van der Waals surface area (Å²) in [5.41, 5.74) is 5.96. The van der Waals surface area contributed by atoms with Crippen molar-refractivity contribution in [3.05, 3.63) is 0 Å². The molecule has 80 valence electrons. The highest BCUT2D eigenvalue weighted by Crippen LogP contribution is 2.40. The minimum Gasteiger partial charge on any atom is -0.315 e. The van der Waals surface area contributed by atoms with Crippen LogP contribution in [0.25, 0.3) is 0 Å². The molecule has 4 unspecified atom stereocenters. The van der Waals surface area contributed by atoms with E-state index in [0.29, 0.717) is 0 Å². The average Bonchev–Trinajstić information content (AvgIpc) is 2.56. The molecule has 3 fully saturated rings. The van der Waals surface area contributed by atoms with Gasteiger partial charge in [-0.05, 0) is 25.2 Å². The summed E-state index contributed by atoms with van der Waals surface area (Å²) >= 11 is 0. The van der Waals surface area contributed by atoms with Gasteiger partial charge in [-0.2, -0.15) is 0 Å². The molecule has 1 aliphatic carbocycles. The highest BCUT2D eigenvalue weighted by molar-refractivity contribution is 4.99. The van der Waals surface area contributed by atoms with E-state index in [1.165, 1.54) is 32.1 Å². The van der Waals surface area contributed by atoms with Crippen LogP contribution in [0, 0.1) is 5.92 Å². The first kappa shape index (κ1) is 9.13. The van der Waals surface area contributed by atoms with Crippen LogP contribution in [0.1, 0.15) is 32.1 Å². The van der Waals surface area contributed by atoms with Gasteiger partial charge in [0.05, 0.1) is 6.17 Å². The van der Waals surface area contributed by atoms with Crippen molar-refractivity contribution >= 4 is 0 Å². The maximum atomic E-state index is 5.96. The van der Waals surface area contributed by atoms with E-state index in [9.17, 15) is 0 Å². The summed E-state index contributed by atoms with van der Waals surface area (Å²) in [5.74, 6) is 0.987. The number of piperazine rings is 1. The van der Waals surface area contributed by atoms with Crippen molar-refractivity contribution in [3.63, 3.8) is 0 Å². The molecular formula is C11H21N3. The number of nitrogens with one attached hydrogen (secondary N) is 1. The van der Waals surface area contributed by atoms with Crippen LogP contribution in [0.3, 0.4) is 0 Å². The van der Waals surface area contributed by atoms with Crippen LogP contribution in [0.5, 0.6) is 0 Å². The minimum absolute atomic E-state index is 0.215. The summed E-state index contributed by atoms with van der Waals surface area (Å²) < 4.78 is 0. The minimum atomic E-state index is 0.215. The Morgan fingerprint density at radius 1 is 1.21 bits per heavy atom. The lowest BCUT2D eigenvalue weighted by Crippen LogP contribution is -2.59. The molecule has 0 bridgehead atoms. The Labute approximate surface area is 86.0 Å². The van der Waals surface area contributed by atoms with Crippen LogP contribution in [0.4, 0.5) is 0 Å². The third-order valence-electron chi connectivity index (χ3n) is 4.36. The number of hydrogen-bond donors (Lipinski definition) is 2. The highest BCUT2D eigenvalue weighted by Gasteiger charge is 2.43. The van der Waals surface area contributed by atoms with Gasteiger partial charge >= 0.3 is 0 Å². The van der Waals surface area contributed by atoms with Crippen LogP contribution in [0.15, 0.2) is 0 Å². The first-order valence-corrected chi connectivity index (χ1v) is 6.09. The molecule has 0 spiro atoms. The van der Waals surface area contributed by atoms with Gasteiger partial charge in [-0.15, -0.1) is 0 Å². The molecule has 4 atom stereocenters. The van der Waals surface area contributed by atoms with E-state index in [0.717, 1.165) is 31.1 Å². The van der Waals surface area contributed by atoms with Crippen molar-refractivity contribution in [2.45, 2.75) is 50.4 Å². The van der Waals surface area contributed by atoms with Gasteiger partial charge in [0.15, 0.2) is 0 Å². The fraction of sp³-hybridized carbons (Fsp3) is 1.00. The number of rotatable bonds is 0. The Kier molecular flexibility index (Phi) is 2.26. The monoisotopic (exact) mass is 195 g/mol. The van der Waals surface area contributed by atoms with Gasteiger partial charge < -0.3 is 5.73 Å². The van der Waals surface area contributed by atoms with E-state index in [4.69, 9.17) is 5.73 Å². The Hall–Kier alpha value is -0.120. The predicted molar refractivity (Wildman–Crippen MR) is 56.8 cm³/mol. The van der Waals surface area contributed by atoms with E-state index in [1.54, 1.807) is 0 Å². The second-order valence-electron chi connectivity index (χ2n) is 5.21. The molecule has 3 nitrogen and oxygen atoms in total. The van der Waals surface area contributed by atoms with Gasteiger partial charge in [-0.25, -0.2) is 0 Å². The van der Waals surface area contributed by atoms with E-state index >= 15 is 0 Å². The standard InChI is InChI=1S/C11H21N3/c12-11-7-14-9(6-13-11)5-8-3-1-2-4-10(8)14/h8-11,13H,1-7,12H2. The van der Waals surface area contributed by atoms with E-state index < -0.39 is 0 Å². The second-order valence-corrected chi connectivity index (χ2v) is 5.21. The van der Waals surface area contributed by atoms with Gasteiger partial charge in [0.1, 0.15) is 0 Å². The third kappa shape index (κ3) is 1.38. The maximum Gasteiger partial charge on any atom is 0.0678 e. The molecule has 2 aliphatic heterocycles. The Morgan fingerprint density at radius 3 is 3.00 bits per heavy atom. The second kappa shape index (κ2) is 3.47. The lowest BCUT2D eigenvalue weighted by atomic mass is 9.85. The number of nitrogens with two attached hydrogens (primary N) is 1. The molecular weight excluding hydrogens is 174 g/mol. The average molecular weight is 195 g/mol. The zero-order chi connectivity index (χ0) is 9.54. The van der Waals surface area contributed by atoms with Gasteiger partial charge in [-0.1, -0.05) is 12.8 Å². The Morgan fingerprint density at radius 2 is 2.07 bits per heavy atom. The molecule has 0 amide bonds. The summed E-state index contributed by atoms with van der Waals surface area (Å²) in [4.78, 5) is 2.70. The van der Waals surface area contributed by atoms with Crippen LogP contribution in [-0.4, -0.2) is 36.2 Å². The number of nitrogens with zero attached hydrogens (tertiary/aromatic N) is 1. The van der Waals surface area contributed by atoms with E-state index in [-0.39, 0.29) is 6.17 Å². The molecule has 0 aromatic carbocycles. The molecule has 2 heterocycles. The molecule has 3 N–H and O–H groups in total. The summed E-state index contributed by atoms with van der Waals surface area (Å²) in [5, 5.41) is 3.40. The van der Waals surface area contributed by atoms with Crippen molar-refractivity contribution < 1.29 is 0 Å². The van der Waals surface area contributed by atoms with Crippen LogP contribution >= 0.6 is 0 Å². The Bertz CT molecular complexity index is 219. The first-order chi connectivity index (χ1) is 6.84. The van der Waals surface area contributed by atoms with Crippen LogP contribution < -0.4 is 11.1 Å². The van der Waals surface area contributed by atoms with E-state index in [1.807, 2.05) is 0 Å². The highest BCUT2D eigenvalue weighted by atomic mass is 15.3.